The highest BCUT2D eigenvalue weighted by Gasteiger charge is 2.46. The molecule has 1 N–H and O–H groups in total. The number of hydrogen-bond donors (Lipinski definition) is 1. The summed E-state index contributed by atoms with van der Waals surface area (Å²) in [6, 6.07) is 5.58. The van der Waals surface area contributed by atoms with Gasteiger partial charge in [0.25, 0.3) is 11.7 Å². The Morgan fingerprint density at radius 1 is 1.23 bits per heavy atom. The van der Waals surface area contributed by atoms with E-state index in [1.807, 2.05) is 19.0 Å². The van der Waals surface area contributed by atoms with E-state index < -0.39 is 23.5 Å². The van der Waals surface area contributed by atoms with Gasteiger partial charge in [0.1, 0.15) is 11.5 Å². The Hall–Kier alpha value is -2.61. The van der Waals surface area contributed by atoms with Crippen molar-refractivity contribution in [1.29, 1.82) is 0 Å². The van der Waals surface area contributed by atoms with Crippen molar-refractivity contribution in [2.75, 3.05) is 34.3 Å². The highest BCUT2D eigenvalue weighted by Crippen LogP contribution is 2.43. The molecule has 3 rings (SSSR count). The Labute approximate surface area is 190 Å². The molecule has 1 saturated heterocycles. The number of Topliss-reactive ketones (excluding diaryl/α,β-unsaturated/α-hetero) is 1. The van der Waals surface area contributed by atoms with Gasteiger partial charge in [-0.15, -0.1) is 0 Å². The second-order valence-electron chi connectivity index (χ2n) is 7.40. The molecule has 7 nitrogen and oxygen atoms in total. The van der Waals surface area contributed by atoms with Crippen LogP contribution in [0.5, 0.6) is 5.75 Å². The number of aliphatic hydroxyl groups excluding tert-OH is 1. The highest BCUT2D eigenvalue weighted by molar-refractivity contribution is 6.46. The van der Waals surface area contributed by atoms with Gasteiger partial charge in [0.2, 0.25) is 0 Å². The van der Waals surface area contributed by atoms with Crippen molar-refractivity contribution < 1.29 is 19.4 Å². The summed E-state index contributed by atoms with van der Waals surface area (Å²) in [6.45, 7) is 1.09. The fourth-order valence-corrected chi connectivity index (χ4v) is 4.22. The third-order valence-electron chi connectivity index (χ3n) is 5.03. The van der Waals surface area contributed by atoms with E-state index in [-0.39, 0.29) is 26.9 Å². The number of pyridine rings is 1. The molecular weight excluding hydrogens is 441 g/mol. The van der Waals surface area contributed by atoms with E-state index >= 15 is 0 Å². The molecule has 1 atom stereocenters. The first-order valence-corrected chi connectivity index (χ1v) is 10.4. The largest absolute Gasteiger partial charge is 0.507 e. The number of aromatic nitrogens is 1. The maximum atomic E-state index is 13.0. The summed E-state index contributed by atoms with van der Waals surface area (Å²) in [5.41, 5.74) is 0.760. The number of carbonyl (C=O) groups excluding carboxylic acids is 2. The molecule has 0 saturated carbocycles. The van der Waals surface area contributed by atoms with Crippen LogP contribution >= 0.6 is 23.2 Å². The topological polar surface area (TPSA) is 83.0 Å². The van der Waals surface area contributed by atoms with Crippen molar-refractivity contribution in [3.05, 3.63) is 63.4 Å². The molecule has 1 aliphatic rings. The van der Waals surface area contributed by atoms with Crippen molar-refractivity contribution in [3.63, 3.8) is 0 Å². The second kappa shape index (κ2) is 9.68. The number of hydrogen-bond acceptors (Lipinski definition) is 6. The number of nitrogens with zero attached hydrogens (tertiary/aromatic N) is 3. The molecule has 1 amide bonds. The average Bonchev–Trinajstić information content (AvgIpc) is 2.98. The number of rotatable bonds is 7. The molecule has 1 unspecified atom stereocenters. The van der Waals surface area contributed by atoms with Gasteiger partial charge in [0.05, 0.1) is 29.3 Å². The zero-order valence-electron chi connectivity index (χ0n) is 17.4. The molecule has 0 aliphatic carbocycles. The van der Waals surface area contributed by atoms with Crippen LogP contribution in [0.4, 0.5) is 0 Å². The quantitative estimate of drug-likeness (QED) is 0.382. The molecule has 1 aromatic heterocycles. The third-order valence-corrected chi connectivity index (χ3v) is 5.53. The van der Waals surface area contributed by atoms with Gasteiger partial charge in [0, 0.05) is 24.0 Å². The molecule has 0 radical (unpaired) electrons. The first kappa shape index (κ1) is 23.1. The molecule has 1 aliphatic heterocycles. The summed E-state index contributed by atoms with van der Waals surface area (Å²) in [5, 5.41) is 11.6. The van der Waals surface area contributed by atoms with Gasteiger partial charge in [-0.05, 0) is 56.9 Å². The SMILES string of the molecule is COc1c(Cl)cc(Cl)cc1/C(O)=C1\C(=O)C(=O)N(CCCN(C)C)C1c1ccncc1. The number of halogens is 2. The van der Waals surface area contributed by atoms with Crippen molar-refractivity contribution in [1.82, 2.24) is 14.8 Å². The highest BCUT2D eigenvalue weighted by atomic mass is 35.5. The maximum absolute atomic E-state index is 13.0. The molecule has 0 bridgehead atoms. The standard InChI is InChI=1S/C22H23Cl2N3O4/c1-26(2)9-4-10-27-18(13-5-7-25-8-6-13)17(20(29)22(27)30)19(28)15-11-14(23)12-16(24)21(15)31-3/h5-8,11-12,18,28H,4,9-10H2,1-3H3/b19-17+. The minimum atomic E-state index is -0.776. The number of ether oxygens (including phenoxy) is 1. The van der Waals surface area contributed by atoms with Crippen LogP contribution in [0, 0.1) is 0 Å². The Balaban J connectivity index is 2.17. The predicted molar refractivity (Wildman–Crippen MR) is 119 cm³/mol. The van der Waals surface area contributed by atoms with Gasteiger partial charge in [-0.2, -0.15) is 0 Å². The molecule has 31 heavy (non-hydrogen) atoms. The minimum Gasteiger partial charge on any atom is -0.507 e. The van der Waals surface area contributed by atoms with E-state index in [4.69, 9.17) is 27.9 Å². The fraction of sp³-hybridized carbons (Fsp3) is 0.318. The van der Waals surface area contributed by atoms with Gasteiger partial charge in [-0.1, -0.05) is 23.2 Å². The zero-order valence-corrected chi connectivity index (χ0v) is 18.9. The number of carbonyl (C=O) groups is 2. The first-order valence-electron chi connectivity index (χ1n) is 9.62. The Morgan fingerprint density at radius 3 is 2.52 bits per heavy atom. The van der Waals surface area contributed by atoms with E-state index in [2.05, 4.69) is 4.98 Å². The second-order valence-corrected chi connectivity index (χ2v) is 8.24. The molecule has 2 aromatic rings. The summed E-state index contributed by atoms with van der Waals surface area (Å²) in [6.07, 6.45) is 3.81. The molecule has 9 heteroatoms. The fourth-order valence-electron chi connectivity index (χ4n) is 3.65. The van der Waals surface area contributed by atoms with Gasteiger partial charge >= 0.3 is 0 Å². The molecule has 1 aromatic carbocycles. The van der Waals surface area contributed by atoms with Crippen LogP contribution in [0.15, 0.2) is 42.2 Å². The number of likely N-dealkylation sites (tertiary alicyclic amines) is 1. The Morgan fingerprint density at radius 2 is 1.90 bits per heavy atom. The average molecular weight is 464 g/mol. The lowest BCUT2D eigenvalue weighted by molar-refractivity contribution is -0.139. The lowest BCUT2D eigenvalue weighted by Gasteiger charge is -2.26. The van der Waals surface area contributed by atoms with Crippen LogP contribution in [-0.4, -0.2) is 65.9 Å². The molecule has 164 valence electrons. The van der Waals surface area contributed by atoms with E-state index in [1.165, 1.54) is 24.1 Å². The smallest absolute Gasteiger partial charge is 0.295 e. The molecule has 0 spiro atoms. The summed E-state index contributed by atoms with van der Waals surface area (Å²) in [4.78, 5) is 33.4. The normalized spacial score (nSPS) is 18.1. The Bertz CT molecular complexity index is 1020. The zero-order chi connectivity index (χ0) is 22.7. The Kier molecular flexibility index (Phi) is 7.20. The van der Waals surface area contributed by atoms with Crippen LogP contribution < -0.4 is 4.74 Å². The molecule has 2 heterocycles. The maximum Gasteiger partial charge on any atom is 0.295 e. The third kappa shape index (κ3) is 4.69. The van der Waals surface area contributed by atoms with Gasteiger partial charge < -0.3 is 19.6 Å². The predicted octanol–water partition coefficient (Wildman–Crippen LogP) is 3.77. The van der Waals surface area contributed by atoms with Crippen LogP contribution in [0.1, 0.15) is 23.6 Å². The lowest BCUT2D eigenvalue weighted by Crippen LogP contribution is -2.32. The van der Waals surface area contributed by atoms with E-state index in [9.17, 15) is 14.7 Å². The minimum absolute atomic E-state index is 0.0438. The van der Waals surface area contributed by atoms with Crippen LogP contribution in [0.2, 0.25) is 10.0 Å². The first-order chi connectivity index (χ1) is 14.8. The van der Waals surface area contributed by atoms with E-state index in [0.29, 0.717) is 18.5 Å². The van der Waals surface area contributed by atoms with Gasteiger partial charge in [-0.25, -0.2) is 0 Å². The lowest BCUT2D eigenvalue weighted by atomic mass is 9.95. The number of aliphatic hydroxyl groups is 1. The van der Waals surface area contributed by atoms with Gasteiger partial charge in [0.15, 0.2) is 0 Å². The van der Waals surface area contributed by atoms with Crippen molar-refractivity contribution in [2.45, 2.75) is 12.5 Å². The van der Waals surface area contributed by atoms with E-state index in [0.717, 1.165) is 6.54 Å². The van der Waals surface area contributed by atoms with E-state index in [1.54, 1.807) is 24.5 Å². The number of benzene rings is 1. The summed E-state index contributed by atoms with van der Waals surface area (Å²) < 4.78 is 5.32. The summed E-state index contributed by atoms with van der Waals surface area (Å²) >= 11 is 12.3. The van der Waals surface area contributed by atoms with Gasteiger partial charge in [-0.3, -0.25) is 14.6 Å². The monoisotopic (exact) mass is 463 g/mol. The van der Waals surface area contributed by atoms with Crippen LogP contribution in [0.3, 0.4) is 0 Å². The summed E-state index contributed by atoms with van der Waals surface area (Å²) in [5.74, 6) is -1.68. The molecule has 1 fully saturated rings. The van der Waals surface area contributed by atoms with Crippen molar-refractivity contribution >= 4 is 40.7 Å². The van der Waals surface area contributed by atoms with Crippen molar-refractivity contribution in [2.24, 2.45) is 0 Å². The summed E-state index contributed by atoms with van der Waals surface area (Å²) in [7, 11) is 5.26. The van der Waals surface area contributed by atoms with Crippen molar-refractivity contribution in [3.8, 4) is 5.75 Å². The van der Waals surface area contributed by atoms with Crippen LogP contribution in [-0.2, 0) is 9.59 Å². The molecular formula is C22H23Cl2N3O4. The number of methoxy groups -OCH3 is 1. The van der Waals surface area contributed by atoms with Crippen LogP contribution in [0.25, 0.3) is 5.76 Å². The number of ketones is 1. The number of amides is 1.